The highest BCUT2D eigenvalue weighted by Crippen LogP contribution is 2.24. The van der Waals surface area contributed by atoms with E-state index < -0.39 is 23.8 Å². The molecule has 0 aliphatic heterocycles. The molecule has 0 unspecified atom stereocenters. The van der Waals surface area contributed by atoms with Gasteiger partial charge >= 0.3 is 11.9 Å². The minimum Gasteiger partial charge on any atom is -0.481 e. The van der Waals surface area contributed by atoms with Gasteiger partial charge in [-0.15, -0.1) is 0 Å². The topological polar surface area (TPSA) is 74.6 Å². The van der Waals surface area contributed by atoms with Crippen LogP contribution in [0.5, 0.6) is 0 Å². The fourth-order valence-corrected chi connectivity index (χ4v) is 3.45. The summed E-state index contributed by atoms with van der Waals surface area (Å²) in [5, 5.41) is 19.4. The van der Waals surface area contributed by atoms with E-state index in [1.807, 2.05) is 97.1 Å². The van der Waals surface area contributed by atoms with Crippen LogP contribution in [-0.4, -0.2) is 22.2 Å². The van der Waals surface area contributed by atoms with Crippen molar-refractivity contribution in [1.29, 1.82) is 0 Å². The Kier molecular flexibility index (Phi) is 7.17. The van der Waals surface area contributed by atoms with E-state index in [4.69, 9.17) is 0 Å². The van der Waals surface area contributed by atoms with Crippen LogP contribution < -0.4 is 0 Å². The summed E-state index contributed by atoms with van der Waals surface area (Å²) in [4.78, 5) is 23.7. The highest BCUT2D eigenvalue weighted by molar-refractivity contribution is 5.80. The van der Waals surface area contributed by atoms with Gasteiger partial charge in [-0.2, -0.15) is 0 Å². The Hall–Kier alpha value is -3.66. The maximum Gasteiger partial charge on any atom is 0.307 e. The highest BCUT2D eigenvalue weighted by Gasteiger charge is 2.33. The van der Waals surface area contributed by atoms with Gasteiger partial charge in [-0.1, -0.05) is 97.1 Å². The molecule has 0 aliphatic rings. The molecule has 3 aromatic rings. The number of aliphatic carboxylic acids is 2. The molecule has 30 heavy (non-hydrogen) atoms. The number of hydrogen-bond acceptors (Lipinski definition) is 2. The number of benzene rings is 3. The van der Waals surface area contributed by atoms with Crippen molar-refractivity contribution >= 4 is 24.1 Å². The standard InChI is InChI=1S/C26H24O4/c27-25(28)23(17-21-9-5-2-6-10-21)24(26(29)30)18-22-15-13-20(14-16-22)12-11-19-7-3-1-4-8-19/h1-16,23-24H,17-18H2,(H,27,28)(H,29,30)/b12-11+/t23-,24-/m0/s1. The van der Waals surface area contributed by atoms with E-state index in [2.05, 4.69) is 0 Å². The van der Waals surface area contributed by atoms with Gasteiger partial charge in [0.1, 0.15) is 0 Å². The van der Waals surface area contributed by atoms with Crippen LogP contribution in [0, 0.1) is 11.8 Å². The minimum absolute atomic E-state index is 0.168. The molecule has 2 N–H and O–H groups in total. The lowest BCUT2D eigenvalue weighted by atomic mass is 9.82. The lowest BCUT2D eigenvalue weighted by molar-refractivity contribution is -0.153. The highest BCUT2D eigenvalue weighted by atomic mass is 16.4. The Labute approximate surface area is 176 Å². The van der Waals surface area contributed by atoms with Crippen molar-refractivity contribution < 1.29 is 19.8 Å². The van der Waals surface area contributed by atoms with Crippen LogP contribution in [0.1, 0.15) is 22.3 Å². The van der Waals surface area contributed by atoms with Gasteiger partial charge in [-0.3, -0.25) is 9.59 Å². The molecule has 2 atom stereocenters. The lowest BCUT2D eigenvalue weighted by Crippen LogP contribution is -2.33. The molecule has 4 nitrogen and oxygen atoms in total. The maximum absolute atomic E-state index is 11.9. The molecule has 152 valence electrons. The number of hydrogen-bond donors (Lipinski definition) is 2. The van der Waals surface area contributed by atoms with Gasteiger partial charge < -0.3 is 10.2 Å². The summed E-state index contributed by atoms with van der Waals surface area (Å²) in [5.74, 6) is -4.18. The Bertz CT molecular complexity index is 992. The average Bonchev–Trinajstić information content (AvgIpc) is 2.76. The molecule has 0 radical (unpaired) electrons. The van der Waals surface area contributed by atoms with Gasteiger partial charge in [0, 0.05) is 0 Å². The zero-order valence-electron chi connectivity index (χ0n) is 16.5. The quantitative estimate of drug-likeness (QED) is 0.493. The molecule has 0 fully saturated rings. The van der Waals surface area contributed by atoms with E-state index >= 15 is 0 Å². The van der Waals surface area contributed by atoms with Crippen LogP contribution >= 0.6 is 0 Å². The van der Waals surface area contributed by atoms with Crippen molar-refractivity contribution in [1.82, 2.24) is 0 Å². The van der Waals surface area contributed by atoms with E-state index in [1.165, 1.54) is 0 Å². The Balaban J connectivity index is 1.73. The summed E-state index contributed by atoms with van der Waals surface area (Å²) >= 11 is 0. The first-order chi connectivity index (χ1) is 14.5. The molecule has 0 saturated carbocycles. The number of carboxylic acids is 2. The lowest BCUT2D eigenvalue weighted by Gasteiger charge is -2.21. The number of carbonyl (C=O) groups is 2. The van der Waals surface area contributed by atoms with E-state index in [9.17, 15) is 19.8 Å². The molecule has 0 heterocycles. The third-order valence-electron chi connectivity index (χ3n) is 5.12. The fraction of sp³-hybridized carbons (Fsp3) is 0.154. The summed E-state index contributed by atoms with van der Waals surface area (Å²) in [5.41, 5.74) is 3.71. The summed E-state index contributed by atoms with van der Waals surface area (Å²) in [6.45, 7) is 0. The first-order valence-electron chi connectivity index (χ1n) is 9.84. The molecule has 0 aliphatic carbocycles. The second-order valence-electron chi connectivity index (χ2n) is 7.27. The molecular weight excluding hydrogens is 376 g/mol. The van der Waals surface area contributed by atoms with Crippen LogP contribution in [-0.2, 0) is 22.4 Å². The zero-order chi connectivity index (χ0) is 21.3. The van der Waals surface area contributed by atoms with Gasteiger partial charge in [-0.25, -0.2) is 0 Å². The summed E-state index contributed by atoms with van der Waals surface area (Å²) in [7, 11) is 0. The third-order valence-corrected chi connectivity index (χ3v) is 5.12. The van der Waals surface area contributed by atoms with Crippen molar-refractivity contribution in [2.75, 3.05) is 0 Å². The average molecular weight is 400 g/mol. The van der Waals surface area contributed by atoms with E-state index in [0.29, 0.717) is 0 Å². The zero-order valence-corrected chi connectivity index (χ0v) is 16.5. The summed E-state index contributed by atoms with van der Waals surface area (Å²) in [6, 6.07) is 26.7. The number of carboxylic acid groups (broad SMARTS) is 2. The van der Waals surface area contributed by atoms with Crippen LogP contribution in [0.4, 0.5) is 0 Å². The Morgan fingerprint density at radius 1 is 0.600 bits per heavy atom. The largest absolute Gasteiger partial charge is 0.481 e. The summed E-state index contributed by atoms with van der Waals surface area (Å²) in [6.07, 6.45) is 4.35. The van der Waals surface area contributed by atoms with Gasteiger partial charge in [0.2, 0.25) is 0 Å². The third kappa shape index (κ3) is 5.92. The predicted octanol–water partition coefficient (Wildman–Crippen LogP) is 5.04. The molecule has 3 rings (SSSR count). The first kappa shape index (κ1) is 21.1. The number of rotatable bonds is 9. The van der Waals surface area contributed by atoms with Gasteiger partial charge in [0.15, 0.2) is 0 Å². The second-order valence-corrected chi connectivity index (χ2v) is 7.27. The summed E-state index contributed by atoms with van der Waals surface area (Å²) < 4.78 is 0. The molecule has 4 heteroatoms. The van der Waals surface area contributed by atoms with Crippen molar-refractivity contribution in [3.8, 4) is 0 Å². The van der Waals surface area contributed by atoms with E-state index in [-0.39, 0.29) is 12.8 Å². The minimum atomic E-state index is -1.09. The first-order valence-corrected chi connectivity index (χ1v) is 9.84. The van der Waals surface area contributed by atoms with Crippen molar-refractivity contribution in [3.05, 3.63) is 107 Å². The molecule has 0 saturated heterocycles. The molecule has 0 amide bonds. The van der Waals surface area contributed by atoms with Crippen LogP contribution in [0.3, 0.4) is 0 Å². The molecule has 0 spiro atoms. The fourth-order valence-electron chi connectivity index (χ4n) is 3.45. The van der Waals surface area contributed by atoms with Gasteiger partial charge in [-0.05, 0) is 35.1 Å². The van der Waals surface area contributed by atoms with Crippen LogP contribution in [0.25, 0.3) is 12.2 Å². The predicted molar refractivity (Wildman–Crippen MR) is 118 cm³/mol. The monoisotopic (exact) mass is 400 g/mol. The normalized spacial score (nSPS) is 13.1. The van der Waals surface area contributed by atoms with Crippen molar-refractivity contribution in [3.63, 3.8) is 0 Å². The molecule has 0 aromatic heterocycles. The Morgan fingerprint density at radius 2 is 1.00 bits per heavy atom. The maximum atomic E-state index is 11.9. The second kappa shape index (κ2) is 10.2. The van der Waals surface area contributed by atoms with Crippen molar-refractivity contribution in [2.24, 2.45) is 11.8 Å². The SMILES string of the molecule is O=C(O)[C@@H](Cc1ccccc1)[C@H](Cc1ccc(/C=C/c2ccccc2)cc1)C(=O)O. The molecule has 3 aromatic carbocycles. The molecular formula is C26H24O4. The van der Waals surface area contributed by atoms with Crippen molar-refractivity contribution in [2.45, 2.75) is 12.8 Å². The Morgan fingerprint density at radius 3 is 1.47 bits per heavy atom. The van der Waals surface area contributed by atoms with Gasteiger partial charge in [0.05, 0.1) is 11.8 Å². The van der Waals surface area contributed by atoms with E-state index in [0.717, 1.165) is 22.3 Å². The van der Waals surface area contributed by atoms with E-state index in [1.54, 1.807) is 0 Å². The smallest absolute Gasteiger partial charge is 0.307 e. The van der Waals surface area contributed by atoms with Crippen LogP contribution in [0.15, 0.2) is 84.9 Å². The van der Waals surface area contributed by atoms with Crippen LogP contribution in [0.2, 0.25) is 0 Å². The molecule has 0 bridgehead atoms. The van der Waals surface area contributed by atoms with Gasteiger partial charge in [0.25, 0.3) is 0 Å².